The van der Waals surface area contributed by atoms with Crippen molar-refractivity contribution in [2.75, 3.05) is 39.6 Å². The number of aliphatic hydroxyl groups excluding tert-OH is 1. The standard InChI is InChI=1S/C72H136O17P2/c1-7-9-11-13-15-17-19-21-22-24-26-32-38-45-51-57-72(77)88-67(60-82-69(74)54-48-42-36-30-28-27-29-34-40-46-52-64(3)4)62-86-90(78,79)84-58-66(73)59-85-91(80,81)87-63-68(61-83-70(75)55-49-43-39-33-35-41-47-53-65(5)6)89-71(76)56-50-44-37-31-25-23-20-18-16-14-12-10-8-2/h17,19,21-22,64-68,73H,7-16,18,20,23-63H2,1-6H3,(H,78,79)(H,80,81)/b19-17-,22-21-/t66-,67-,68-/m1/s1. The molecule has 0 rings (SSSR count). The summed E-state index contributed by atoms with van der Waals surface area (Å²) in [5.74, 6) is -0.693. The highest BCUT2D eigenvalue weighted by atomic mass is 31.2. The third-order valence-corrected chi connectivity index (χ3v) is 18.0. The van der Waals surface area contributed by atoms with E-state index >= 15 is 0 Å². The van der Waals surface area contributed by atoms with Crippen molar-refractivity contribution in [3.63, 3.8) is 0 Å². The van der Waals surface area contributed by atoms with Gasteiger partial charge in [-0.3, -0.25) is 37.3 Å². The highest BCUT2D eigenvalue weighted by Gasteiger charge is 2.30. The minimum atomic E-state index is -4.96. The molecule has 2 unspecified atom stereocenters. The van der Waals surface area contributed by atoms with E-state index in [2.05, 4.69) is 65.8 Å². The summed E-state index contributed by atoms with van der Waals surface area (Å²) in [5, 5.41) is 10.6. The van der Waals surface area contributed by atoms with Gasteiger partial charge in [0.1, 0.15) is 19.3 Å². The fourth-order valence-corrected chi connectivity index (χ4v) is 12.0. The third kappa shape index (κ3) is 66.0. The van der Waals surface area contributed by atoms with Crippen LogP contribution in [0, 0.1) is 11.8 Å². The van der Waals surface area contributed by atoms with Crippen molar-refractivity contribution in [1.29, 1.82) is 0 Å². The Bertz CT molecular complexity index is 1860. The number of hydrogen-bond donors (Lipinski definition) is 3. The molecule has 0 spiro atoms. The molecule has 0 heterocycles. The first kappa shape index (κ1) is 88.5. The van der Waals surface area contributed by atoms with Crippen LogP contribution in [0.2, 0.25) is 0 Å². The summed E-state index contributed by atoms with van der Waals surface area (Å²) in [6.07, 6.45) is 52.1. The van der Waals surface area contributed by atoms with Gasteiger partial charge in [-0.2, -0.15) is 0 Å². The van der Waals surface area contributed by atoms with Gasteiger partial charge in [-0.15, -0.1) is 0 Å². The highest BCUT2D eigenvalue weighted by Crippen LogP contribution is 2.45. The molecule has 0 amide bonds. The van der Waals surface area contributed by atoms with Crippen molar-refractivity contribution in [2.24, 2.45) is 11.8 Å². The lowest BCUT2D eigenvalue weighted by molar-refractivity contribution is -0.161. The van der Waals surface area contributed by atoms with Gasteiger partial charge in [-0.05, 0) is 63.2 Å². The second kappa shape index (κ2) is 63.6. The fourth-order valence-electron chi connectivity index (χ4n) is 10.4. The zero-order valence-electron chi connectivity index (χ0n) is 58.6. The van der Waals surface area contributed by atoms with E-state index < -0.39 is 97.5 Å². The van der Waals surface area contributed by atoms with Crippen LogP contribution in [0.4, 0.5) is 0 Å². The van der Waals surface area contributed by atoms with Crippen molar-refractivity contribution < 1.29 is 80.2 Å². The first-order chi connectivity index (χ1) is 43.9. The molecule has 5 atom stereocenters. The monoisotopic (exact) mass is 1330 g/mol. The normalized spacial score (nSPS) is 14.3. The van der Waals surface area contributed by atoms with Crippen LogP contribution >= 0.6 is 15.6 Å². The molecule has 0 aliphatic heterocycles. The van der Waals surface area contributed by atoms with E-state index in [9.17, 15) is 43.2 Å². The topological polar surface area (TPSA) is 237 Å². The van der Waals surface area contributed by atoms with Crippen LogP contribution in [0.25, 0.3) is 0 Å². The van der Waals surface area contributed by atoms with E-state index in [1.54, 1.807) is 0 Å². The Morgan fingerprint density at radius 3 is 0.901 bits per heavy atom. The van der Waals surface area contributed by atoms with E-state index in [-0.39, 0.29) is 25.7 Å². The summed E-state index contributed by atoms with van der Waals surface area (Å²) in [4.78, 5) is 72.6. The number of rotatable bonds is 69. The number of carbonyl (C=O) groups excluding carboxylic acids is 4. The SMILES string of the molecule is CCCCCC/C=C\C=C/CCCCCCCC(=O)O[C@H](COC(=O)CCCCCCCCCCCCC(C)C)COP(=O)(O)OC[C@@H](O)COP(=O)(O)OC[C@@H](COC(=O)CCCCCCCCCC(C)C)OC(=O)CCCCCCCCCCCCCCC. The molecule has 0 radical (unpaired) electrons. The van der Waals surface area contributed by atoms with Gasteiger partial charge in [0.05, 0.1) is 26.4 Å². The first-order valence-corrected chi connectivity index (χ1v) is 39.8. The van der Waals surface area contributed by atoms with Crippen molar-refractivity contribution in [2.45, 2.75) is 362 Å². The van der Waals surface area contributed by atoms with E-state index in [1.165, 1.54) is 141 Å². The Morgan fingerprint density at radius 2 is 0.593 bits per heavy atom. The van der Waals surface area contributed by atoms with Crippen LogP contribution in [0.5, 0.6) is 0 Å². The summed E-state index contributed by atoms with van der Waals surface area (Å²) in [6.45, 7) is 9.43. The Balaban J connectivity index is 5.29. The number of phosphoric acid groups is 2. The number of carbonyl (C=O) groups is 4. The van der Waals surface area contributed by atoms with Gasteiger partial charge >= 0.3 is 39.5 Å². The molecule has 536 valence electrons. The quantitative estimate of drug-likeness (QED) is 0.0169. The van der Waals surface area contributed by atoms with Crippen LogP contribution in [0.3, 0.4) is 0 Å². The van der Waals surface area contributed by atoms with Crippen LogP contribution in [-0.4, -0.2) is 96.7 Å². The average molecular weight is 1340 g/mol. The van der Waals surface area contributed by atoms with E-state index in [1.807, 2.05) is 0 Å². The minimum absolute atomic E-state index is 0.0846. The van der Waals surface area contributed by atoms with Gasteiger partial charge in [0.2, 0.25) is 0 Å². The van der Waals surface area contributed by atoms with Crippen molar-refractivity contribution in [3.05, 3.63) is 24.3 Å². The molecule has 0 bridgehead atoms. The van der Waals surface area contributed by atoms with Crippen LogP contribution in [0.1, 0.15) is 343 Å². The smallest absolute Gasteiger partial charge is 0.462 e. The summed E-state index contributed by atoms with van der Waals surface area (Å²) in [5.41, 5.74) is 0. The van der Waals surface area contributed by atoms with Gasteiger partial charge in [-0.1, -0.05) is 291 Å². The fraction of sp³-hybridized carbons (Fsp3) is 0.889. The number of hydrogen-bond acceptors (Lipinski definition) is 15. The second-order valence-electron chi connectivity index (χ2n) is 26.2. The lowest BCUT2D eigenvalue weighted by Gasteiger charge is -2.21. The number of ether oxygens (including phenoxy) is 4. The number of allylic oxidation sites excluding steroid dienone is 4. The summed E-state index contributed by atoms with van der Waals surface area (Å²) >= 11 is 0. The lowest BCUT2D eigenvalue weighted by Crippen LogP contribution is -2.30. The summed E-state index contributed by atoms with van der Waals surface area (Å²) in [7, 11) is -9.92. The molecule has 0 fully saturated rings. The zero-order valence-corrected chi connectivity index (χ0v) is 60.4. The maximum Gasteiger partial charge on any atom is 0.472 e. The Labute approximate surface area is 554 Å². The van der Waals surface area contributed by atoms with Crippen LogP contribution < -0.4 is 0 Å². The molecule has 91 heavy (non-hydrogen) atoms. The van der Waals surface area contributed by atoms with Crippen molar-refractivity contribution in [1.82, 2.24) is 0 Å². The summed E-state index contributed by atoms with van der Waals surface area (Å²) in [6, 6.07) is 0. The van der Waals surface area contributed by atoms with Crippen LogP contribution in [0.15, 0.2) is 24.3 Å². The van der Waals surface area contributed by atoms with Crippen molar-refractivity contribution >= 4 is 39.5 Å². The molecular formula is C72H136O17P2. The van der Waals surface area contributed by atoms with Gasteiger partial charge in [0, 0.05) is 25.7 Å². The number of unbranched alkanes of at least 4 members (excludes halogenated alkanes) is 36. The first-order valence-electron chi connectivity index (χ1n) is 36.8. The third-order valence-electron chi connectivity index (χ3n) is 16.1. The van der Waals surface area contributed by atoms with Gasteiger partial charge < -0.3 is 33.8 Å². The Kier molecular flexibility index (Phi) is 61.9. The molecule has 0 aliphatic carbocycles. The molecular weight excluding hydrogens is 1200 g/mol. The predicted octanol–water partition coefficient (Wildman–Crippen LogP) is 20.3. The number of aliphatic hydroxyl groups is 1. The molecule has 17 nitrogen and oxygen atoms in total. The number of phosphoric ester groups is 2. The molecule has 0 aromatic carbocycles. The van der Waals surface area contributed by atoms with Gasteiger partial charge in [0.15, 0.2) is 12.2 Å². The average Bonchev–Trinajstić information content (AvgIpc) is 3.72. The van der Waals surface area contributed by atoms with Crippen LogP contribution in [-0.2, 0) is 65.4 Å². The Morgan fingerprint density at radius 1 is 0.341 bits per heavy atom. The second-order valence-corrected chi connectivity index (χ2v) is 29.2. The lowest BCUT2D eigenvalue weighted by atomic mass is 10.0. The molecule has 0 aromatic rings. The Hall–Kier alpha value is -2.46. The van der Waals surface area contributed by atoms with E-state index in [0.717, 1.165) is 115 Å². The van der Waals surface area contributed by atoms with Crippen molar-refractivity contribution in [3.8, 4) is 0 Å². The molecule has 0 aromatic heterocycles. The highest BCUT2D eigenvalue weighted by molar-refractivity contribution is 7.47. The zero-order chi connectivity index (χ0) is 67.2. The van der Waals surface area contributed by atoms with Gasteiger partial charge in [0.25, 0.3) is 0 Å². The number of esters is 4. The molecule has 0 saturated heterocycles. The van der Waals surface area contributed by atoms with E-state index in [4.69, 9.17) is 37.0 Å². The largest absolute Gasteiger partial charge is 0.472 e. The molecule has 0 aliphatic rings. The summed E-state index contributed by atoms with van der Waals surface area (Å²) < 4.78 is 68.3. The van der Waals surface area contributed by atoms with Gasteiger partial charge in [-0.25, -0.2) is 9.13 Å². The minimum Gasteiger partial charge on any atom is -0.462 e. The maximum atomic E-state index is 13.0. The molecule has 0 saturated carbocycles. The van der Waals surface area contributed by atoms with E-state index in [0.29, 0.717) is 31.6 Å². The maximum absolute atomic E-state index is 13.0. The molecule has 19 heteroatoms. The molecule has 3 N–H and O–H groups in total. The predicted molar refractivity (Wildman–Crippen MR) is 367 cm³/mol.